The monoisotopic (exact) mass is 410 g/mol. The van der Waals surface area contributed by atoms with Crippen molar-refractivity contribution in [3.05, 3.63) is 83.7 Å². The summed E-state index contributed by atoms with van der Waals surface area (Å²) in [5, 5.41) is 7.42. The van der Waals surface area contributed by atoms with Gasteiger partial charge in [0, 0.05) is 42.6 Å². The standard InChI is InChI=1S/C27H30N4/c1-2-16-31-26(27-23-12-6-7-13-24(23)28-18-25(27)29-31)14-8-11-22-15-17-30(20-22)19-21-9-4-3-5-10-21/h3-7,9-10,12-13,15,18H,2,8,11,14,16-17,19-20H2,1H3. The molecule has 0 spiro atoms. The number of pyridine rings is 1. The molecule has 3 heterocycles. The Bertz CT molecular complexity index is 1210. The Kier molecular flexibility index (Phi) is 5.81. The van der Waals surface area contributed by atoms with Crippen LogP contribution in [0.3, 0.4) is 0 Å². The summed E-state index contributed by atoms with van der Waals surface area (Å²) in [7, 11) is 0. The summed E-state index contributed by atoms with van der Waals surface area (Å²) in [5.74, 6) is 0. The van der Waals surface area contributed by atoms with Gasteiger partial charge in [0.15, 0.2) is 0 Å². The third-order valence-electron chi connectivity index (χ3n) is 6.24. The van der Waals surface area contributed by atoms with E-state index in [-0.39, 0.29) is 0 Å². The quantitative estimate of drug-likeness (QED) is 0.346. The molecule has 1 aliphatic heterocycles. The predicted molar refractivity (Wildman–Crippen MR) is 128 cm³/mol. The summed E-state index contributed by atoms with van der Waals surface area (Å²) < 4.78 is 2.23. The molecule has 1 aliphatic rings. The summed E-state index contributed by atoms with van der Waals surface area (Å²) >= 11 is 0. The molecule has 0 aliphatic carbocycles. The summed E-state index contributed by atoms with van der Waals surface area (Å²) in [6.45, 7) is 6.38. The molecule has 2 aromatic heterocycles. The second kappa shape index (κ2) is 9.03. The van der Waals surface area contributed by atoms with Crippen molar-refractivity contribution in [2.75, 3.05) is 13.1 Å². The van der Waals surface area contributed by atoms with Gasteiger partial charge in [-0.1, -0.05) is 67.1 Å². The molecule has 5 rings (SSSR count). The minimum absolute atomic E-state index is 0.964. The van der Waals surface area contributed by atoms with Gasteiger partial charge >= 0.3 is 0 Å². The Morgan fingerprint density at radius 2 is 1.77 bits per heavy atom. The van der Waals surface area contributed by atoms with Gasteiger partial charge in [0.25, 0.3) is 0 Å². The van der Waals surface area contributed by atoms with Gasteiger partial charge in [-0.25, -0.2) is 0 Å². The summed E-state index contributed by atoms with van der Waals surface area (Å²) in [6.07, 6.45) is 8.84. The van der Waals surface area contributed by atoms with Crippen LogP contribution in [-0.4, -0.2) is 32.8 Å². The lowest BCUT2D eigenvalue weighted by molar-refractivity contribution is 0.338. The van der Waals surface area contributed by atoms with Crippen LogP contribution in [0.1, 0.15) is 37.4 Å². The van der Waals surface area contributed by atoms with E-state index in [9.17, 15) is 0 Å². The molecule has 4 nitrogen and oxygen atoms in total. The molecule has 0 atom stereocenters. The summed E-state index contributed by atoms with van der Waals surface area (Å²) in [5.41, 5.74) is 6.43. The molecular weight excluding hydrogens is 380 g/mol. The number of aromatic nitrogens is 3. The van der Waals surface area contributed by atoms with Crippen molar-refractivity contribution in [2.45, 2.75) is 45.7 Å². The van der Waals surface area contributed by atoms with Gasteiger partial charge in [-0.2, -0.15) is 5.10 Å². The minimum Gasteiger partial charge on any atom is -0.292 e. The highest BCUT2D eigenvalue weighted by Gasteiger charge is 2.17. The van der Waals surface area contributed by atoms with E-state index in [1.165, 1.54) is 22.0 Å². The van der Waals surface area contributed by atoms with Gasteiger partial charge in [-0.05, 0) is 37.3 Å². The molecule has 0 amide bonds. The van der Waals surface area contributed by atoms with E-state index >= 15 is 0 Å². The molecule has 0 unspecified atom stereocenters. The number of para-hydroxylation sites is 1. The van der Waals surface area contributed by atoms with E-state index in [4.69, 9.17) is 5.10 Å². The molecule has 0 saturated carbocycles. The second-order valence-electron chi connectivity index (χ2n) is 8.58. The van der Waals surface area contributed by atoms with Crippen LogP contribution in [0.5, 0.6) is 0 Å². The Morgan fingerprint density at radius 1 is 0.935 bits per heavy atom. The zero-order valence-electron chi connectivity index (χ0n) is 18.3. The fraction of sp³-hybridized carbons (Fsp3) is 0.333. The average Bonchev–Trinajstić information content (AvgIpc) is 3.39. The van der Waals surface area contributed by atoms with Crippen LogP contribution in [0.4, 0.5) is 0 Å². The molecule has 0 radical (unpaired) electrons. The van der Waals surface area contributed by atoms with Crippen LogP contribution >= 0.6 is 0 Å². The largest absolute Gasteiger partial charge is 0.292 e. The fourth-order valence-electron chi connectivity index (χ4n) is 4.78. The number of nitrogens with zero attached hydrogens (tertiary/aromatic N) is 4. The van der Waals surface area contributed by atoms with E-state index in [0.29, 0.717) is 0 Å². The second-order valence-corrected chi connectivity index (χ2v) is 8.58. The highest BCUT2D eigenvalue weighted by molar-refractivity contribution is 6.05. The zero-order valence-corrected chi connectivity index (χ0v) is 18.3. The van der Waals surface area contributed by atoms with Crippen LogP contribution in [0, 0.1) is 0 Å². The maximum Gasteiger partial charge on any atom is 0.112 e. The van der Waals surface area contributed by atoms with Crippen LogP contribution in [-0.2, 0) is 19.5 Å². The van der Waals surface area contributed by atoms with Gasteiger partial charge in [-0.15, -0.1) is 0 Å². The normalized spacial score (nSPS) is 14.5. The maximum atomic E-state index is 4.89. The first-order chi connectivity index (χ1) is 15.3. The van der Waals surface area contributed by atoms with Crippen molar-refractivity contribution < 1.29 is 0 Å². The Balaban J connectivity index is 1.28. The molecule has 31 heavy (non-hydrogen) atoms. The number of fused-ring (bicyclic) bond motifs is 3. The lowest BCUT2D eigenvalue weighted by Crippen LogP contribution is -2.20. The van der Waals surface area contributed by atoms with E-state index in [0.717, 1.165) is 62.9 Å². The SMILES string of the molecule is CCCn1nc2cnc3ccccc3c2c1CCCC1=CCN(Cc2ccccc2)C1. The lowest BCUT2D eigenvalue weighted by Gasteiger charge is -2.16. The summed E-state index contributed by atoms with van der Waals surface area (Å²) in [4.78, 5) is 7.15. The average molecular weight is 411 g/mol. The molecule has 0 fully saturated rings. The smallest absolute Gasteiger partial charge is 0.112 e. The molecule has 4 aromatic rings. The predicted octanol–water partition coefficient (Wildman–Crippen LogP) is 5.76. The van der Waals surface area contributed by atoms with Gasteiger partial charge in [0.05, 0.1) is 11.7 Å². The van der Waals surface area contributed by atoms with Crippen molar-refractivity contribution >= 4 is 21.8 Å². The molecule has 4 heteroatoms. The first kappa shape index (κ1) is 20.0. The number of benzene rings is 2. The number of hydrogen-bond donors (Lipinski definition) is 0. The first-order valence-corrected chi connectivity index (χ1v) is 11.5. The van der Waals surface area contributed by atoms with Crippen molar-refractivity contribution in [3.63, 3.8) is 0 Å². The first-order valence-electron chi connectivity index (χ1n) is 11.5. The highest BCUT2D eigenvalue weighted by Crippen LogP contribution is 2.28. The number of rotatable bonds is 8. The van der Waals surface area contributed by atoms with Crippen LogP contribution in [0.15, 0.2) is 72.4 Å². The van der Waals surface area contributed by atoms with Crippen molar-refractivity contribution in [3.8, 4) is 0 Å². The molecule has 0 saturated heterocycles. The molecule has 158 valence electrons. The van der Waals surface area contributed by atoms with E-state index in [1.807, 2.05) is 6.20 Å². The van der Waals surface area contributed by atoms with Crippen molar-refractivity contribution in [1.29, 1.82) is 0 Å². The third kappa shape index (κ3) is 4.26. The molecular formula is C27H30N4. The van der Waals surface area contributed by atoms with E-state index < -0.39 is 0 Å². The Morgan fingerprint density at radius 3 is 2.65 bits per heavy atom. The number of aryl methyl sites for hydroxylation is 2. The Hall–Kier alpha value is -2.98. The van der Waals surface area contributed by atoms with E-state index in [2.05, 4.69) is 82.2 Å². The topological polar surface area (TPSA) is 34.0 Å². The van der Waals surface area contributed by atoms with E-state index in [1.54, 1.807) is 5.57 Å². The Labute approximate surface area is 184 Å². The van der Waals surface area contributed by atoms with Gasteiger partial charge < -0.3 is 0 Å². The molecule has 0 N–H and O–H groups in total. The molecule has 2 aromatic carbocycles. The fourth-order valence-corrected chi connectivity index (χ4v) is 4.78. The van der Waals surface area contributed by atoms with Crippen LogP contribution in [0.25, 0.3) is 21.8 Å². The van der Waals surface area contributed by atoms with Gasteiger partial charge in [0.1, 0.15) is 5.52 Å². The van der Waals surface area contributed by atoms with Crippen molar-refractivity contribution in [2.24, 2.45) is 0 Å². The minimum atomic E-state index is 0.964. The highest BCUT2D eigenvalue weighted by atomic mass is 15.3. The van der Waals surface area contributed by atoms with Crippen LogP contribution < -0.4 is 0 Å². The van der Waals surface area contributed by atoms with Crippen LogP contribution in [0.2, 0.25) is 0 Å². The zero-order chi connectivity index (χ0) is 21.0. The van der Waals surface area contributed by atoms with Gasteiger partial charge in [-0.3, -0.25) is 14.6 Å². The van der Waals surface area contributed by atoms with Gasteiger partial charge in [0.2, 0.25) is 0 Å². The maximum absolute atomic E-state index is 4.89. The van der Waals surface area contributed by atoms with Crippen molar-refractivity contribution in [1.82, 2.24) is 19.7 Å². The molecule has 0 bridgehead atoms. The lowest BCUT2D eigenvalue weighted by atomic mass is 10.0. The third-order valence-corrected chi connectivity index (χ3v) is 6.24. The number of hydrogen-bond acceptors (Lipinski definition) is 3. The summed E-state index contributed by atoms with van der Waals surface area (Å²) in [6, 6.07) is 19.2.